The predicted octanol–water partition coefficient (Wildman–Crippen LogP) is 2.59. The number of hydrogen-bond donors (Lipinski definition) is 2. The van der Waals surface area contributed by atoms with Gasteiger partial charge < -0.3 is 11.1 Å². The van der Waals surface area contributed by atoms with Crippen LogP contribution in [-0.4, -0.2) is 15.8 Å². The molecule has 1 aromatic carbocycles. The number of nitrogens with two attached hydrogens (primary N) is 1. The zero-order valence-corrected chi connectivity index (χ0v) is 11.6. The van der Waals surface area contributed by atoms with Crippen LogP contribution in [0.3, 0.4) is 0 Å². The zero-order chi connectivity index (χ0) is 14.7. The summed E-state index contributed by atoms with van der Waals surface area (Å²) in [6, 6.07) is 7.18. The molecule has 102 valence electrons. The van der Waals surface area contributed by atoms with Gasteiger partial charge in [0.05, 0.1) is 4.92 Å². The molecule has 20 heavy (non-hydrogen) atoms. The van der Waals surface area contributed by atoms with E-state index < -0.39 is 10.8 Å². The summed E-state index contributed by atoms with van der Waals surface area (Å²) >= 11 is 3.23. The van der Waals surface area contributed by atoms with Crippen LogP contribution in [-0.2, 0) is 0 Å². The topological polar surface area (TPSA) is 111 Å². The second-order valence-corrected chi connectivity index (χ2v) is 4.76. The van der Waals surface area contributed by atoms with Crippen molar-refractivity contribution in [3.05, 3.63) is 56.7 Å². The van der Waals surface area contributed by atoms with Gasteiger partial charge in [0, 0.05) is 22.3 Å². The summed E-state index contributed by atoms with van der Waals surface area (Å²) in [5, 5.41) is 13.3. The van der Waals surface area contributed by atoms with E-state index in [1.165, 1.54) is 18.3 Å². The lowest BCUT2D eigenvalue weighted by Crippen LogP contribution is -2.13. The number of aromatic nitrogens is 1. The zero-order valence-electron chi connectivity index (χ0n) is 10.0. The molecule has 1 aromatic heterocycles. The van der Waals surface area contributed by atoms with Gasteiger partial charge in [0.2, 0.25) is 0 Å². The number of nitrogen functional groups attached to an aromatic ring is 1. The Labute approximate surface area is 122 Å². The Morgan fingerprint density at radius 1 is 1.35 bits per heavy atom. The minimum atomic E-state index is -0.635. The summed E-state index contributed by atoms with van der Waals surface area (Å²) in [5.74, 6) is -0.152. The van der Waals surface area contributed by atoms with Crippen LogP contribution in [0.4, 0.5) is 17.2 Å². The van der Waals surface area contributed by atoms with Crippen molar-refractivity contribution in [2.24, 2.45) is 0 Å². The molecular formula is C12H9BrN4O3. The van der Waals surface area contributed by atoms with Gasteiger partial charge in [0.25, 0.3) is 11.6 Å². The second kappa shape index (κ2) is 5.66. The van der Waals surface area contributed by atoms with Crippen molar-refractivity contribution in [1.29, 1.82) is 0 Å². The minimum absolute atomic E-state index is 0.00770. The van der Waals surface area contributed by atoms with Gasteiger partial charge >= 0.3 is 0 Å². The third-order valence-corrected chi connectivity index (χ3v) is 2.93. The van der Waals surface area contributed by atoms with Crippen LogP contribution in [0.1, 0.15) is 10.4 Å². The van der Waals surface area contributed by atoms with Crippen LogP contribution < -0.4 is 11.1 Å². The summed E-state index contributed by atoms with van der Waals surface area (Å²) in [6.45, 7) is 0. The summed E-state index contributed by atoms with van der Waals surface area (Å²) in [6.07, 6.45) is 1.53. The highest BCUT2D eigenvalue weighted by atomic mass is 79.9. The summed E-state index contributed by atoms with van der Waals surface area (Å²) in [7, 11) is 0. The van der Waals surface area contributed by atoms with E-state index in [0.29, 0.717) is 5.82 Å². The van der Waals surface area contributed by atoms with E-state index in [9.17, 15) is 14.9 Å². The molecule has 0 bridgehead atoms. The van der Waals surface area contributed by atoms with E-state index >= 15 is 0 Å². The van der Waals surface area contributed by atoms with Crippen molar-refractivity contribution in [3.8, 4) is 0 Å². The van der Waals surface area contributed by atoms with Crippen molar-refractivity contribution in [1.82, 2.24) is 4.98 Å². The number of carbonyl (C=O) groups excluding carboxylic acids is 1. The molecule has 8 heteroatoms. The second-order valence-electron chi connectivity index (χ2n) is 3.85. The number of nitrogens with one attached hydrogen (secondary N) is 1. The maximum atomic E-state index is 12.0. The molecule has 0 aliphatic rings. The number of carbonyl (C=O) groups is 1. The highest BCUT2D eigenvalue weighted by Crippen LogP contribution is 2.22. The van der Waals surface area contributed by atoms with E-state index in [2.05, 4.69) is 26.2 Å². The lowest BCUT2D eigenvalue weighted by atomic mass is 10.1. The van der Waals surface area contributed by atoms with Crippen molar-refractivity contribution >= 4 is 39.0 Å². The largest absolute Gasteiger partial charge is 0.393 e. The van der Waals surface area contributed by atoms with Gasteiger partial charge in [0.15, 0.2) is 0 Å². The molecule has 0 atom stereocenters. The monoisotopic (exact) mass is 336 g/mol. The molecule has 1 heterocycles. The molecule has 0 saturated heterocycles. The standard InChI is InChI=1S/C12H9BrN4O3/c13-8-2-4-11(15-6-8)16-12(18)7-1-3-9(14)10(5-7)17(19)20/h1-6H,14H2,(H,15,16,18). The Balaban J connectivity index is 2.23. The van der Waals surface area contributed by atoms with Crippen molar-refractivity contribution in [3.63, 3.8) is 0 Å². The van der Waals surface area contributed by atoms with Crippen LogP contribution >= 0.6 is 15.9 Å². The number of nitro groups is 1. The number of rotatable bonds is 3. The quantitative estimate of drug-likeness (QED) is 0.508. The average molecular weight is 337 g/mol. The maximum Gasteiger partial charge on any atom is 0.292 e. The van der Waals surface area contributed by atoms with E-state index in [-0.39, 0.29) is 16.9 Å². The number of hydrogen-bond acceptors (Lipinski definition) is 5. The molecule has 3 N–H and O–H groups in total. The van der Waals surface area contributed by atoms with Gasteiger partial charge in [0.1, 0.15) is 11.5 Å². The number of pyridine rings is 1. The number of nitrogens with zero attached hydrogens (tertiary/aromatic N) is 2. The predicted molar refractivity (Wildman–Crippen MR) is 77.4 cm³/mol. The van der Waals surface area contributed by atoms with E-state index in [0.717, 1.165) is 10.5 Å². The van der Waals surface area contributed by atoms with Crippen LogP contribution in [0, 0.1) is 10.1 Å². The number of nitro benzene ring substituents is 1. The summed E-state index contributed by atoms with van der Waals surface area (Å²) in [4.78, 5) is 26.1. The first-order valence-corrected chi connectivity index (χ1v) is 6.23. The lowest BCUT2D eigenvalue weighted by Gasteiger charge is -2.05. The minimum Gasteiger partial charge on any atom is -0.393 e. The van der Waals surface area contributed by atoms with Crippen LogP contribution in [0.5, 0.6) is 0 Å². The Morgan fingerprint density at radius 2 is 2.10 bits per heavy atom. The number of benzene rings is 1. The number of amides is 1. The average Bonchev–Trinajstić information content (AvgIpc) is 2.41. The third-order valence-electron chi connectivity index (χ3n) is 2.46. The molecule has 1 amide bonds. The maximum absolute atomic E-state index is 12.0. The lowest BCUT2D eigenvalue weighted by molar-refractivity contribution is -0.383. The van der Waals surface area contributed by atoms with Crippen LogP contribution in [0.25, 0.3) is 0 Å². The summed E-state index contributed by atoms with van der Waals surface area (Å²) < 4.78 is 0.777. The van der Waals surface area contributed by atoms with Gasteiger partial charge in [-0.25, -0.2) is 4.98 Å². The molecular weight excluding hydrogens is 328 g/mol. The van der Waals surface area contributed by atoms with Crippen molar-refractivity contribution in [2.75, 3.05) is 11.1 Å². The molecule has 0 saturated carbocycles. The highest BCUT2D eigenvalue weighted by molar-refractivity contribution is 9.10. The first kappa shape index (κ1) is 13.9. The fraction of sp³-hybridized carbons (Fsp3) is 0. The molecule has 0 spiro atoms. The first-order chi connectivity index (χ1) is 9.47. The van der Waals surface area contributed by atoms with Gasteiger partial charge in [-0.1, -0.05) is 0 Å². The Morgan fingerprint density at radius 3 is 2.70 bits per heavy atom. The normalized spacial score (nSPS) is 10.1. The van der Waals surface area contributed by atoms with E-state index in [4.69, 9.17) is 5.73 Å². The van der Waals surface area contributed by atoms with Crippen LogP contribution in [0.2, 0.25) is 0 Å². The molecule has 0 radical (unpaired) electrons. The van der Waals surface area contributed by atoms with Gasteiger partial charge in [-0.2, -0.15) is 0 Å². The molecule has 7 nitrogen and oxygen atoms in total. The fourth-order valence-electron chi connectivity index (χ4n) is 1.48. The fourth-order valence-corrected chi connectivity index (χ4v) is 1.72. The van der Waals surface area contributed by atoms with Gasteiger partial charge in [-0.3, -0.25) is 14.9 Å². The summed E-state index contributed by atoms with van der Waals surface area (Å²) in [5.41, 5.74) is 5.31. The van der Waals surface area contributed by atoms with Crippen LogP contribution in [0.15, 0.2) is 41.0 Å². The molecule has 2 aromatic rings. The third kappa shape index (κ3) is 3.09. The number of anilines is 2. The molecule has 0 fully saturated rings. The first-order valence-electron chi connectivity index (χ1n) is 5.44. The molecule has 0 aliphatic heterocycles. The van der Waals surface area contributed by atoms with E-state index in [1.807, 2.05) is 0 Å². The van der Waals surface area contributed by atoms with Crippen molar-refractivity contribution < 1.29 is 9.72 Å². The smallest absolute Gasteiger partial charge is 0.292 e. The highest BCUT2D eigenvalue weighted by Gasteiger charge is 2.15. The van der Waals surface area contributed by atoms with E-state index in [1.54, 1.807) is 12.1 Å². The van der Waals surface area contributed by atoms with Gasteiger partial charge in [-0.15, -0.1) is 0 Å². The molecule has 0 aliphatic carbocycles. The van der Waals surface area contributed by atoms with Gasteiger partial charge in [-0.05, 0) is 40.2 Å². The SMILES string of the molecule is Nc1ccc(C(=O)Nc2ccc(Br)cn2)cc1[N+](=O)[O-]. The Kier molecular flexibility index (Phi) is 3.94. The molecule has 0 unspecified atom stereocenters. The van der Waals surface area contributed by atoms with Crippen molar-refractivity contribution in [2.45, 2.75) is 0 Å². The molecule has 2 rings (SSSR count). The number of halogens is 1. The Hall–Kier alpha value is -2.48. The Bertz CT molecular complexity index is 673.